The smallest absolute Gasteiger partial charge is 0.278 e. The molecule has 128 valence electrons. The molecule has 2 heterocycles. The predicted octanol–water partition coefficient (Wildman–Crippen LogP) is 3.53. The van der Waals surface area contributed by atoms with Crippen molar-refractivity contribution in [2.24, 2.45) is 0 Å². The third-order valence-electron chi connectivity index (χ3n) is 3.73. The highest BCUT2D eigenvalue weighted by Crippen LogP contribution is 2.14. The van der Waals surface area contributed by atoms with Gasteiger partial charge in [0.2, 0.25) is 5.43 Å². The minimum Gasteiger partial charge on any atom is -0.336 e. The zero-order valence-corrected chi connectivity index (χ0v) is 15.3. The Morgan fingerprint density at radius 3 is 2.64 bits per heavy atom. The number of nitrogens with zero attached hydrogens (tertiary/aromatic N) is 3. The molecule has 0 saturated carbocycles. The van der Waals surface area contributed by atoms with Crippen LogP contribution >= 0.6 is 22.9 Å². The van der Waals surface area contributed by atoms with Gasteiger partial charge in [0.05, 0.1) is 5.69 Å². The normalized spacial score (nSPS) is 10.7. The summed E-state index contributed by atoms with van der Waals surface area (Å²) in [5.41, 5.74) is 1.91. The molecule has 7 heteroatoms. The Bertz CT molecular complexity index is 949. The van der Waals surface area contributed by atoms with Crippen molar-refractivity contribution in [2.75, 3.05) is 7.05 Å². The number of amides is 1. The number of benzene rings is 1. The van der Waals surface area contributed by atoms with E-state index in [0.29, 0.717) is 17.3 Å². The van der Waals surface area contributed by atoms with E-state index in [9.17, 15) is 9.59 Å². The summed E-state index contributed by atoms with van der Waals surface area (Å²) in [5.74, 6) is -0.404. The molecule has 0 unspecified atom stereocenters. The van der Waals surface area contributed by atoms with Gasteiger partial charge >= 0.3 is 0 Å². The lowest BCUT2D eigenvalue weighted by Gasteiger charge is -2.17. The van der Waals surface area contributed by atoms with Crippen LogP contribution < -0.4 is 5.43 Å². The first kappa shape index (κ1) is 17.4. The molecule has 0 atom stereocenters. The van der Waals surface area contributed by atoms with Crippen molar-refractivity contribution in [1.29, 1.82) is 0 Å². The SMILES string of the molecule is Cc1cc(=O)c(C(=O)N(C)Cc2ccsc2)nn1-c1ccc(Cl)cc1. The molecule has 0 bridgehead atoms. The summed E-state index contributed by atoms with van der Waals surface area (Å²) >= 11 is 7.48. The second-order valence-electron chi connectivity index (χ2n) is 5.68. The molecule has 0 aliphatic heterocycles. The van der Waals surface area contributed by atoms with Crippen LogP contribution in [0.4, 0.5) is 0 Å². The Kier molecular flexibility index (Phi) is 5.01. The monoisotopic (exact) mass is 373 g/mol. The Labute approximate surface area is 154 Å². The number of rotatable bonds is 4. The van der Waals surface area contributed by atoms with Crippen LogP contribution in [0.15, 0.2) is 52.0 Å². The number of hydrogen-bond donors (Lipinski definition) is 0. The molecule has 0 aliphatic rings. The summed E-state index contributed by atoms with van der Waals surface area (Å²) in [7, 11) is 1.66. The zero-order valence-electron chi connectivity index (χ0n) is 13.8. The topological polar surface area (TPSA) is 55.2 Å². The Hall–Kier alpha value is -2.44. The number of aromatic nitrogens is 2. The molecule has 5 nitrogen and oxygen atoms in total. The van der Waals surface area contributed by atoms with Gasteiger partial charge < -0.3 is 4.90 Å². The maximum absolute atomic E-state index is 12.7. The fourth-order valence-electron chi connectivity index (χ4n) is 2.45. The quantitative estimate of drug-likeness (QED) is 0.703. The predicted molar refractivity (Wildman–Crippen MR) is 99.7 cm³/mol. The molecule has 2 aromatic heterocycles. The zero-order chi connectivity index (χ0) is 18.0. The maximum Gasteiger partial charge on any atom is 0.278 e. The number of halogens is 1. The molecule has 0 radical (unpaired) electrons. The number of carbonyl (C=O) groups is 1. The van der Waals surface area contributed by atoms with Gasteiger partial charge in [0.15, 0.2) is 5.69 Å². The van der Waals surface area contributed by atoms with E-state index in [2.05, 4.69) is 5.10 Å². The maximum atomic E-state index is 12.7. The van der Waals surface area contributed by atoms with Crippen LogP contribution in [-0.2, 0) is 6.54 Å². The van der Waals surface area contributed by atoms with Crippen LogP contribution in [0.25, 0.3) is 5.69 Å². The van der Waals surface area contributed by atoms with E-state index in [4.69, 9.17) is 11.6 Å². The summed E-state index contributed by atoms with van der Waals surface area (Å²) < 4.78 is 1.57. The van der Waals surface area contributed by atoms with E-state index < -0.39 is 5.91 Å². The lowest BCUT2D eigenvalue weighted by atomic mass is 10.2. The molecule has 3 rings (SSSR count). The van der Waals surface area contributed by atoms with Crippen LogP contribution in [0, 0.1) is 6.92 Å². The molecule has 0 aliphatic carbocycles. The van der Waals surface area contributed by atoms with Crippen LogP contribution in [0.3, 0.4) is 0 Å². The highest BCUT2D eigenvalue weighted by Gasteiger charge is 2.19. The summed E-state index contributed by atoms with van der Waals surface area (Å²) in [5, 5.41) is 8.82. The van der Waals surface area contributed by atoms with E-state index >= 15 is 0 Å². The van der Waals surface area contributed by atoms with Crippen LogP contribution in [0.1, 0.15) is 21.7 Å². The van der Waals surface area contributed by atoms with Crippen LogP contribution in [0.2, 0.25) is 5.02 Å². The van der Waals surface area contributed by atoms with Gasteiger partial charge in [0.1, 0.15) is 0 Å². The minimum absolute atomic E-state index is 0.0988. The molecule has 0 spiro atoms. The fraction of sp³-hybridized carbons (Fsp3) is 0.167. The van der Waals surface area contributed by atoms with Crippen LogP contribution in [-0.4, -0.2) is 27.6 Å². The van der Waals surface area contributed by atoms with Crippen molar-refractivity contribution in [3.8, 4) is 5.69 Å². The molecular weight excluding hydrogens is 358 g/mol. The molecule has 1 amide bonds. The van der Waals surface area contributed by atoms with Gasteiger partial charge in [-0.2, -0.15) is 16.4 Å². The Balaban J connectivity index is 1.95. The molecule has 0 saturated heterocycles. The van der Waals surface area contributed by atoms with E-state index in [1.54, 1.807) is 54.3 Å². The van der Waals surface area contributed by atoms with Crippen molar-refractivity contribution in [3.63, 3.8) is 0 Å². The lowest BCUT2D eigenvalue weighted by Crippen LogP contribution is -2.33. The molecule has 3 aromatic rings. The molecular formula is C18H16ClN3O2S. The minimum atomic E-state index is -0.404. The summed E-state index contributed by atoms with van der Waals surface area (Å²) in [4.78, 5) is 26.5. The Morgan fingerprint density at radius 2 is 2.00 bits per heavy atom. The van der Waals surface area contributed by atoms with Crippen LogP contribution in [0.5, 0.6) is 0 Å². The average molecular weight is 374 g/mol. The van der Waals surface area contributed by atoms with Gasteiger partial charge in [-0.15, -0.1) is 0 Å². The first-order chi connectivity index (χ1) is 12.0. The second-order valence-corrected chi connectivity index (χ2v) is 6.90. The molecule has 0 fully saturated rings. The largest absolute Gasteiger partial charge is 0.336 e. The summed E-state index contributed by atoms with van der Waals surface area (Å²) in [6.45, 7) is 2.20. The van der Waals surface area contributed by atoms with Gasteiger partial charge in [-0.3, -0.25) is 9.59 Å². The standard InChI is InChI=1S/C18H16ClN3O2S/c1-12-9-16(23)17(18(24)21(2)10-13-7-8-25-11-13)20-22(12)15-5-3-14(19)4-6-15/h3-9,11H,10H2,1-2H3. The van der Waals surface area contributed by atoms with Crippen molar-refractivity contribution in [3.05, 3.63) is 79.4 Å². The van der Waals surface area contributed by atoms with Crippen molar-refractivity contribution in [2.45, 2.75) is 13.5 Å². The number of thiophene rings is 1. The van der Waals surface area contributed by atoms with Gasteiger partial charge in [-0.25, -0.2) is 4.68 Å². The highest BCUT2D eigenvalue weighted by molar-refractivity contribution is 7.07. The summed E-state index contributed by atoms with van der Waals surface area (Å²) in [6.07, 6.45) is 0. The highest BCUT2D eigenvalue weighted by atomic mass is 35.5. The number of carbonyl (C=O) groups excluding carboxylic acids is 1. The molecule has 25 heavy (non-hydrogen) atoms. The van der Waals surface area contributed by atoms with E-state index in [1.807, 2.05) is 16.8 Å². The van der Waals surface area contributed by atoms with E-state index in [0.717, 1.165) is 11.3 Å². The first-order valence-corrected chi connectivity index (χ1v) is 8.91. The first-order valence-electron chi connectivity index (χ1n) is 7.59. The molecule has 1 aromatic carbocycles. The van der Waals surface area contributed by atoms with Crippen molar-refractivity contribution in [1.82, 2.24) is 14.7 Å². The Morgan fingerprint density at radius 1 is 1.28 bits per heavy atom. The third kappa shape index (κ3) is 3.81. The number of hydrogen-bond acceptors (Lipinski definition) is 4. The van der Waals surface area contributed by atoms with Gasteiger partial charge in [-0.05, 0) is 53.6 Å². The van der Waals surface area contributed by atoms with E-state index in [1.165, 1.54) is 11.0 Å². The van der Waals surface area contributed by atoms with Crippen molar-refractivity contribution < 1.29 is 4.79 Å². The fourth-order valence-corrected chi connectivity index (χ4v) is 3.23. The lowest BCUT2D eigenvalue weighted by molar-refractivity contribution is 0.0776. The van der Waals surface area contributed by atoms with Gasteiger partial charge in [-0.1, -0.05) is 11.6 Å². The van der Waals surface area contributed by atoms with Gasteiger partial charge in [0.25, 0.3) is 5.91 Å². The number of aryl methyl sites for hydroxylation is 1. The molecule has 0 N–H and O–H groups in total. The van der Waals surface area contributed by atoms with Crippen molar-refractivity contribution >= 4 is 28.8 Å². The second kappa shape index (κ2) is 7.21. The van der Waals surface area contributed by atoms with E-state index in [-0.39, 0.29) is 11.1 Å². The van der Waals surface area contributed by atoms with Gasteiger partial charge in [0, 0.05) is 30.4 Å². The third-order valence-corrected chi connectivity index (χ3v) is 4.71. The average Bonchev–Trinajstić information content (AvgIpc) is 3.08. The summed E-state index contributed by atoms with van der Waals surface area (Å²) in [6, 6.07) is 10.4.